The van der Waals surface area contributed by atoms with Crippen LogP contribution in [0.1, 0.15) is 47.2 Å². The highest BCUT2D eigenvalue weighted by Crippen LogP contribution is 2.29. The molecule has 2 aliphatic rings. The van der Waals surface area contributed by atoms with Crippen molar-refractivity contribution in [3.05, 3.63) is 34.9 Å². The molecular weight excluding hydrogens is 332 g/mol. The molecule has 2 aliphatic heterocycles. The smallest absolute Gasteiger partial charge is 0.255 e. The summed E-state index contributed by atoms with van der Waals surface area (Å²) in [7, 11) is 1.95. The van der Waals surface area contributed by atoms with Crippen LogP contribution in [0.15, 0.2) is 18.2 Å². The number of fused-ring (bicyclic) bond motifs is 1. The molecule has 0 bridgehead atoms. The van der Waals surface area contributed by atoms with Crippen LogP contribution in [0.5, 0.6) is 0 Å². The second-order valence-corrected chi connectivity index (χ2v) is 6.83. The second kappa shape index (κ2) is 8.42. The number of hydrogen-bond donors (Lipinski definition) is 3. The average Bonchev–Trinajstić information content (AvgIpc) is 2.96. The first-order valence-corrected chi connectivity index (χ1v) is 9.22. The molecule has 0 spiro atoms. The van der Waals surface area contributed by atoms with E-state index < -0.39 is 6.04 Å². The van der Waals surface area contributed by atoms with Gasteiger partial charge >= 0.3 is 0 Å². The zero-order valence-corrected chi connectivity index (χ0v) is 15.1. The van der Waals surface area contributed by atoms with Gasteiger partial charge in [-0.15, -0.1) is 0 Å². The lowest BCUT2D eigenvalue weighted by atomic mass is 10.0. The van der Waals surface area contributed by atoms with E-state index in [-0.39, 0.29) is 24.1 Å². The Bertz CT molecular complexity index is 704. The first-order chi connectivity index (χ1) is 12.6. The highest BCUT2D eigenvalue weighted by molar-refractivity contribution is 6.05. The van der Waals surface area contributed by atoms with Crippen LogP contribution in [0, 0.1) is 0 Å². The molecule has 0 radical (unpaired) electrons. The van der Waals surface area contributed by atoms with Crippen LogP contribution in [0.25, 0.3) is 0 Å². The molecule has 3 N–H and O–H groups in total. The summed E-state index contributed by atoms with van der Waals surface area (Å²) in [4.78, 5) is 37.8. The van der Waals surface area contributed by atoms with Crippen LogP contribution in [0.4, 0.5) is 0 Å². The van der Waals surface area contributed by atoms with Gasteiger partial charge in [0.05, 0.1) is 0 Å². The van der Waals surface area contributed by atoms with Crippen LogP contribution >= 0.6 is 0 Å². The van der Waals surface area contributed by atoms with Crippen molar-refractivity contribution in [2.24, 2.45) is 0 Å². The number of piperidine rings is 1. The summed E-state index contributed by atoms with van der Waals surface area (Å²) >= 11 is 0. The van der Waals surface area contributed by atoms with Gasteiger partial charge in [0.2, 0.25) is 11.8 Å². The summed E-state index contributed by atoms with van der Waals surface area (Å²) in [6, 6.07) is 5.18. The maximum Gasteiger partial charge on any atom is 0.255 e. The van der Waals surface area contributed by atoms with Crippen molar-refractivity contribution in [3.8, 4) is 0 Å². The number of unbranched alkanes of at least 4 members (excludes halogenated alkanes) is 1. The molecule has 0 saturated carbocycles. The fourth-order valence-corrected chi connectivity index (χ4v) is 3.59. The van der Waals surface area contributed by atoms with Crippen molar-refractivity contribution in [3.63, 3.8) is 0 Å². The van der Waals surface area contributed by atoms with E-state index in [1.165, 1.54) is 0 Å². The number of nitrogens with zero attached hydrogens (tertiary/aromatic N) is 1. The first kappa shape index (κ1) is 18.5. The summed E-state index contributed by atoms with van der Waals surface area (Å²) in [6.07, 6.45) is 2.89. The van der Waals surface area contributed by atoms with E-state index in [1.54, 1.807) is 4.90 Å². The Kier molecular flexibility index (Phi) is 6.00. The molecule has 3 rings (SSSR count). The minimum atomic E-state index is -0.560. The third-order valence-electron chi connectivity index (χ3n) is 5.02. The number of rotatable bonds is 8. The highest BCUT2D eigenvalue weighted by atomic mass is 16.2. The van der Waals surface area contributed by atoms with Crippen LogP contribution < -0.4 is 16.0 Å². The van der Waals surface area contributed by atoms with Crippen molar-refractivity contribution in [1.29, 1.82) is 0 Å². The Balaban J connectivity index is 1.64. The highest BCUT2D eigenvalue weighted by Gasteiger charge is 2.39. The Hall–Kier alpha value is -2.25. The SMILES string of the molecule is CNCCCCNCc1cccc2c1CN(C1CCC(=O)NC1=O)C2=O. The molecule has 7 nitrogen and oxygen atoms in total. The fraction of sp³-hybridized carbons (Fsp3) is 0.526. The van der Waals surface area contributed by atoms with Gasteiger partial charge in [-0.3, -0.25) is 19.7 Å². The normalized spacial score (nSPS) is 19.7. The van der Waals surface area contributed by atoms with Gasteiger partial charge < -0.3 is 15.5 Å². The van der Waals surface area contributed by atoms with Crippen molar-refractivity contribution in [1.82, 2.24) is 20.9 Å². The zero-order chi connectivity index (χ0) is 18.5. The monoisotopic (exact) mass is 358 g/mol. The summed E-state index contributed by atoms with van der Waals surface area (Å²) in [5, 5.41) is 8.90. The Labute approximate surface area is 153 Å². The molecule has 7 heteroatoms. The molecule has 1 atom stereocenters. The lowest BCUT2D eigenvalue weighted by Crippen LogP contribution is -2.52. The quantitative estimate of drug-likeness (QED) is 0.466. The molecule has 140 valence electrons. The van der Waals surface area contributed by atoms with Gasteiger partial charge in [-0.25, -0.2) is 0 Å². The molecule has 2 heterocycles. The maximum absolute atomic E-state index is 12.8. The maximum atomic E-state index is 12.8. The Morgan fingerprint density at radius 1 is 1.19 bits per heavy atom. The summed E-state index contributed by atoms with van der Waals surface area (Å²) < 4.78 is 0. The van der Waals surface area contributed by atoms with E-state index in [9.17, 15) is 14.4 Å². The van der Waals surface area contributed by atoms with E-state index in [4.69, 9.17) is 0 Å². The number of hydrogen-bond acceptors (Lipinski definition) is 5. The molecule has 1 saturated heterocycles. The molecule has 1 aromatic carbocycles. The second-order valence-electron chi connectivity index (χ2n) is 6.83. The van der Waals surface area contributed by atoms with E-state index in [2.05, 4.69) is 16.0 Å². The fourth-order valence-electron chi connectivity index (χ4n) is 3.59. The third-order valence-corrected chi connectivity index (χ3v) is 5.02. The number of carbonyl (C=O) groups excluding carboxylic acids is 3. The predicted molar refractivity (Wildman–Crippen MR) is 97.4 cm³/mol. The van der Waals surface area contributed by atoms with Gasteiger partial charge in [0.15, 0.2) is 0 Å². The number of nitrogens with one attached hydrogen (secondary N) is 3. The van der Waals surface area contributed by atoms with Gasteiger partial charge in [-0.1, -0.05) is 12.1 Å². The van der Waals surface area contributed by atoms with Crippen LogP contribution in [-0.2, 0) is 22.7 Å². The topological polar surface area (TPSA) is 90.5 Å². The lowest BCUT2D eigenvalue weighted by Gasteiger charge is -2.29. The van der Waals surface area contributed by atoms with E-state index >= 15 is 0 Å². The molecule has 26 heavy (non-hydrogen) atoms. The Morgan fingerprint density at radius 3 is 2.77 bits per heavy atom. The van der Waals surface area contributed by atoms with Crippen LogP contribution in [0.2, 0.25) is 0 Å². The number of amides is 3. The number of carbonyl (C=O) groups is 3. The molecule has 3 amide bonds. The largest absolute Gasteiger partial charge is 0.322 e. The molecule has 1 aromatic rings. The first-order valence-electron chi connectivity index (χ1n) is 9.22. The molecule has 0 aromatic heterocycles. The van der Waals surface area contributed by atoms with E-state index in [1.807, 2.05) is 25.2 Å². The van der Waals surface area contributed by atoms with Gasteiger partial charge in [0.25, 0.3) is 5.91 Å². The number of imide groups is 1. The number of benzene rings is 1. The Morgan fingerprint density at radius 2 is 2.00 bits per heavy atom. The van der Waals surface area contributed by atoms with Gasteiger partial charge in [-0.2, -0.15) is 0 Å². The van der Waals surface area contributed by atoms with Gasteiger partial charge in [0.1, 0.15) is 6.04 Å². The third kappa shape index (κ3) is 3.94. The van der Waals surface area contributed by atoms with Crippen LogP contribution in [0.3, 0.4) is 0 Å². The summed E-state index contributed by atoms with van der Waals surface area (Å²) in [6.45, 7) is 3.07. The van der Waals surface area contributed by atoms with E-state index in [0.717, 1.165) is 37.1 Å². The minimum absolute atomic E-state index is 0.120. The summed E-state index contributed by atoms with van der Waals surface area (Å²) in [5.74, 6) is -0.754. The molecular formula is C19H26N4O3. The zero-order valence-electron chi connectivity index (χ0n) is 15.1. The van der Waals surface area contributed by atoms with Crippen molar-refractivity contribution in [2.45, 2.75) is 44.8 Å². The van der Waals surface area contributed by atoms with Gasteiger partial charge in [-0.05, 0) is 56.6 Å². The standard InChI is InChI=1S/C19H26N4O3/c1-20-9-2-3-10-21-11-13-5-4-6-14-15(13)12-23(19(14)26)16-7-8-17(24)22-18(16)25/h4-6,16,20-21H,2-3,7-12H2,1H3,(H,22,24,25). The van der Waals surface area contributed by atoms with Crippen molar-refractivity contribution in [2.75, 3.05) is 20.1 Å². The van der Waals surface area contributed by atoms with Crippen LogP contribution in [-0.4, -0.2) is 48.8 Å². The molecule has 1 unspecified atom stereocenters. The summed E-state index contributed by atoms with van der Waals surface area (Å²) in [5.41, 5.74) is 2.76. The van der Waals surface area contributed by atoms with E-state index in [0.29, 0.717) is 25.1 Å². The average molecular weight is 358 g/mol. The predicted octanol–water partition coefficient (Wildman–Crippen LogP) is 0.537. The molecule has 1 fully saturated rings. The van der Waals surface area contributed by atoms with Crippen molar-refractivity contribution < 1.29 is 14.4 Å². The molecule has 0 aliphatic carbocycles. The van der Waals surface area contributed by atoms with Gasteiger partial charge in [0, 0.05) is 25.1 Å². The minimum Gasteiger partial charge on any atom is -0.322 e. The van der Waals surface area contributed by atoms with Crippen molar-refractivity contribution >= 4 is 17.7 Å². The lowest BCUT2D eigenvalue weighted by molar-refractivity contribution is -0.136.